The Morgan fingerprint density at radius 3 is 2.79 bits per heavy atom. The van der Waals surface area contributed by atoms with Gasteiger partial charge < -0.3 is 4.52 Å². The zero-order valence-electron chi connectivity index (χ0n) is 7.87. The van der Waals surface area contributed by atoms with Crippen molar-refractivity contribution < 1.29 is 4.52 Å². The van der Waals surface area contributed by atoms with Gasteiger partial charge in [0.1, 0.15) is 10.8 Å². The fourth-order valence-corrected chi connectivity index (χ4v) is 2.46. The third kappa shape index (κ3) is 1.55. The number of hydrogen-bond donors (Lipinski definition) is 0. The van der Waals surface area contributed by atoms with Crippen LogP contribution in [0.4, 0.5) is 0 Å². The maximum Gasteiger partial charge on any atom is 0.144 e. The van der Waals surface area contributed by atoms with E-state index in [1.807, 2.05) is 19.2 Å². The van der Waals surface area contributed by atoms with Crippen molar-refractivity contribution in [2.24, 2.45) is 0 Å². The normalized spacial score (nSPS) is 10.8. The summed E-state index contributed by atoms with van der Waals surface area (Å²) in [5.74, 6) is 1.25. The third-order valence-electron chi connectivity index (χ3n) is 1.94. The van der Waals surface area contributed by atoms with Crippen molar-refractivity contribution in [3.05, 3.63) is 22.5 Å². The van der Waals surface area contributed by atoms with E-state index in [1.54, 1.807) is 11.3 Å². The Hall–Kier alpha value is -0.870. The van der Waals surface area contributed by atoms with E-state index in [0.717, 1.165) is 27.7 Å². The largest absolute Gasteiger partial charge is 0.361 e. The van der Waals surface area contributed by atoms with Crippen molar-refractivity contribution in [2.75, 3.05) is 0 Å². The van der Waals surface area contributed by atoms with Gasteiger partial charge in [0.05, 0.1) is 22.8 Å². The first-order chi connectivity index (χ1) is 6.72. The van der Waals surface area contributed by atoms with Gasteiger partial charge in [-0.2, -0.15) is 0 Å². The van der Waals surface area contributed by atoms with Crippen molar-refractivity contribution in [3.8, 4) is 10.6 Å². The summed E-state index contributed by atoms with van der Waals surface area (Å²) in [5.41, 5.74) is 2.76. The molecule has 0 unspecified atom stereocenters. The van der Waals surface area contributed by atoms with Gasteiger partial charge >= 0.3 is 0 Å². The quantitative estimate of drug-likeness (QED) is 0.742. The minimum atomic E-state index is 0.444. The molecule has 2 rings (SSSR count). The summed E-state index contributed by atoms with van der Waals surface area (Å²) in [7, 11) is 0. The second-order valence-electron chi connectivity index (χ2n) is 2.98. The highest BCUT2D eigenvalue weighted by Gasteiger charge is 2.14. The molecule has 3 nitrogen and oxygen atoms in total. The van der Waals surface area contributed by atoms with Crippen LogP contribution >= 0.6 is 22.9 Å². The van der Waals surface area contributed by atoms with E-state index in [4.69, 9.17) is 16.1 Å². The van der Waals surface area contributed by atoms with Crippen LogP contribution in [-0.2, 0) is 5.88 Å². The van der Waals surface area contributed by atoms with Crippen LogP contribution in [-0.4, -0.2) is 10.1 Å². The van der Waals surface area contributed by atoms with E-state index in [1.165, 1.54) is 0 Å². The molecule has 2 aromatic rings. The summed E-state index contributed by atoms with van der Waals surface area (Å²) in [4.78, 5) is 4.38. The molecule has 5 heteroatoms. The molecule has 2 aromatic heterocycles. The number of aryl methyl sites for hydroxylation is 2. The monoisotopic (exact) mass is 228 g/mol. The van der Waals surface area contributed by atoms with E-state index < -0.39 is 0 Å². The first kappa shape index (κ1) is 9.68. The lowest BCUT2D eigenvalue weighted by Gasteiger charge is -1.91. The number of rotatable bonds is 2. The van der Waals surface area contributed by atoms with Crippen LogP contribution in [0.5, 0.6) is 0 Å². The Labute approximate surface area is 90.7 Å². The number of hydrogen-bond acceptors (Lipinski definition) is 4. The van der Waals surface area contributed by atoms with Gasteiger partial charge in [0.25, 0.3) is 0 Å². The number of aromatic nitrogens is 2. The number of nitrogens with zero attached hydrogens (tertiary/aromatic N) is 2. The van der Waals surface area contributed by atoms with Crippen LogP contribution in [0.2, 0.25) is 0 Å². The smallest absolute Gasteiger partial charge is 0.144 e. The molecule has 0 aliphatic heterocycles. The Balaban J connectivity index is 2.48. The summed E-state index contributed by atoms with van der Waals surface area (Å²) in [6.45, 7) is 3.80. The second kappa shape index (κ2) is 3.71. The first-order valence-electron chi connectivity index (χ1n) is 4.16. The van der Waals surface area contributed by atoms with Gasteiger partial charge in [-0.25, -0.2) is 4.98 Å². The van der Waals surface area contributed by atoms with Gasteiger partial charge in [-0.15, -0.1) is 22.9 Å². The van der Waals surface area contributed by atoms with Gasteiger partial charge in [-0.1, -0.05) is 5.16 Å². The van der Waals surface area contributed by atoms with Crippen LogP contribution in [0.3, 0.4) is 0 Å². The predicted octanol–water partition coefficient (Wildman–Crippen LogP) is 3.15. The van der Waals surface area contributed by atoms with Crippen LogP contribution in [0.15, 0.2) is 9.90 Å². The molecule has 0 radical (unpaired) electrons. The molecule has 0 bridgehead atoms. The van der Waals surface area contributed by atoms with E-state index in [2.05, 4.69) is 10.1 Å². The molecule has 0 aliphatic carbocycles. The Morgan fingerprint density at radius 2 is 2.29 bits per heavy atom. The summed E-state index contributed by atoms with van der Waals surface area (Å²) >= 11 is 7.25. The molecule has 0 atom stereocenters. The molecule has 74 valence electrons. The standard InChI is InChI=1S/C9H9ClN2OS/c1-5-8(6(2)13-12-5)9-11-7(3-10)4-14-9/h4H,3H2,1-2H3. The molecule has 0 saturated carbocycles. The van der Waals surface area contributed by atoms with Gasteiger partial charge in [-0.05, 0) is 13.8 Å². The van der Waals surface area contributed by atoms with Gasteiger partial charge in [0.2, 0.25) is 0 Å². The Bertz CT molecular complexity index is 430. The minimum absolute atomic E-state index is 0.444. The van der Waals surface area contributed by atoms with Crippen LogP contribution in [0.25, 0.3) is 10.6 Å². The van der Waals surface area contributed by atoms with E-state index >= 15 is 0 Å². The fourth-order valence-electron chi connectivity index (χ4n) is 1.27. The van der Waals surface area contributed by atoms with Crippen molar-refractivity contribution in [2.45, 2.75) is 19.7 Å². The number of alkyl halides is 1. The number of thiazole rings is 1. The topological polar surface area (TPSA) is 38.9 Å². The molecule has 0 N–H and O–H groups in total. The lowest BCUT2D eigenvalue weighted by molar-refractivity contribution is 0.393. The highest BCUT2D eigenvalue weighted by atomic mass is 35.5. The zero-order chi connectivity index (χ0) is 10.1. The average molecular weight is 229 g/mol. The van der Waals surface area contributed by atoms with Gasteiger partial charge in [0.15, 0.2) is 0 Å². The molecule has 0 fully saturated rings. The van der Waals surface area contributed by atoms with E-state index in [0.29, 0.717) is 5.88 Å². The highest BCUT2D eigenvalue weighted by molar-refractivity contribution is 7.13. The minimum Gasteiger partial charge on any atom is -0.361 e. The fraction of sp³-hybridized carbons (Fsp3) is 0.333. The highest BCUT2D eigenvalue weighted by Crippen LogP contribution is 2.29. The third-order valence-corrected chi connectivity index (χ3v) is 3.12. The molecule has 0 amide bonds. The van der Waals surface area contributed by atoms with Crippen molar-refractivity contribution in [1.82, 2.24) is 10.1 Å². The predicted molar refractivity (Wildman–Crippen MR) is 56.6 cm³/mol. The van der Waals surface area contributed by atoms with Crippen molar-refractivity contribution >= 4 is 22.9 Å². The lowest BCUT2D eigenvalue weighted by atomic mass is 10.2. The maximum absolute atomic E-state index is 5.69. The molecule has 0 aromatic carbocycles. The van der Waals surface area contributed by atoms with Crippen LogP contribution in [0, 0.1) is 13.8 Å². The molecule has 2 heterocycles. The molecule has 0 saturated heterocycles. The Kier molecular flexibility index (Phi) is 2.56. The summed E-state index contributed by atoms with van der Waals surface area (Å²) in [5, 5.41) is 6.77. The molecular weight excluding hydrogens is 220 g/mol. The maximum atomic E-state index is 5.69. The molecule has 0 aliphatic rings. The van der Waals surface area contributed by atoms with Crippen molar-refractivity contribution in [3.63, 3.8) is 0 Å². The summed E-state index contributed by atoms with van der Waals surface area (Å²) in [6, 6.07) is 0. The summed E-state index contributed by atoms with van der Waals surface area (Å²) in [6.07, 6.45) is 0. The molecule has 0 spiro atoms. The number of halogens is 1. The SMILES string of the molecule is Cc1noc(C)c1-c1nc(CCl)cs1. The van der Waals surface area contributed by atoms with E-state index in [9.17, 15) is 0 Å². The lowest BCUT2D eigenvalue weighted by Crippen LogP contribution is -1.82. The van der Waals surface area contributed by atoms with Gasteiger partial charge in [-0.3, -0.25) is 0 Å². The molecule has 14 heavy (non-hydrogen) atoms. The van der Waals surface area contributed by atoms with Crippen molar-refractivity contribution in [1.29, 1.82) is 0 Å². The Morgan fingerprint density at radius 1 is 1.50 bits per heavy atom. The average Bonchev–Trinajstić information content (AvgIpc) is 2.73. The van der Waals surface area contributed by atoms with Crippen LogP contribution in [0.1, 0.15) is 17.1 Å². The van der Waals surface area contributed by atoms with Crippen LogP contribution < -0.4 is 0 Å². The summed E-state index contributed by atoms with van der Waals surface area (Å²) < 4.78 is 5.08. The zero-order valence-corrected chi connectivity index (χ0v) is 9.45. The second-order valence-corrected chi connectivity index (χ2v) is 4.10. The first-order valence-corrected chi connectivity index (χ1v) is 5.57. The van der Waals surface area contributed by atoms with Gasteiger partial charge in [0, 0.05) is 5.38 Å². The van der Waals surface area contributed by atoms with E-state index in [-0.39, 0.29) is 0 Å². The molecular formula is C9H9ClN2OS.